The van der Waals surface area contributed by atoms with Crippen LogP contribution in [0.2, 0.25) is 0 Å². The van der Waals surface area contributed by atoms with E-state index in [1.165, 1.54) is 42.5 Å². The van der Waals surface area contributed by atoms with Crippen molar-refractivity contribution in [3.8, 4) is 5.75 Å². The summed E-state index contributed by atoms with van der Waals surface area (Å²) in [6.45, 7) is -0.525. The number of phenolic OH excluding ortho intramolecular Hbond substituents is 1. The Morgan fingerprint density at radius 3 is 2.46 bits per heavy atom. The minimum absolute atomic E-state index is 0.00677. The predicted octanol–water partition coefficient (Wildman–Crippen LogP) is 2.86. The van der Waals surface area contributed by atoms with Gasteiger partial charge in [-0.2, -0.15) is 0 Å². The molecule has 0 spiro atoms. The minimum Gasteiger partial charge on any atom is -0.508 e. The highest BCUT2D eigenvalue weighted by molar-refractivity contribution is 9.10. The summed E-state index contributed by atoms with van der Waals surface area (Å²) in [6, 6.07) is 9.23. The molecule has 0 bridgehead atoms. The van der Waals surface area contributed by atoms with E-state index in [0.29, 0.717) is 10.2 Å². The number of carbonyl (C=O) groups is 2. The third-order valence-corrected chi connectivity index (χ3v) is 3.53. The van der Waals surface area contributed by atoms with Crippen molar-refractivity contribution in [2.45, 2.75) is 0 Å². The Kier molecular flexibility index (Phi) is 5.48. The molecule has 1 amide bonds. The molecule has 0 aliphatic rings. The molecule has 0 aromatic heterocycles. The Balaban J connectivity index is 1.92. The Labute approximate surface area is 144 Å². The van der Waals surface area contributed by atoms with Gasteiger partial charge in [0.1, 0.15) is 5.75 Å². The number of nitro groups is 1. The summed E-state index contributed by atoms with van der Waals surface area (Å²) in [5, 5.41) is 22.2. The van der Waals surface area contributed by atoms with E-state index in [1.54, 1.807) is 0 Å². The number of benzene rings is 2. The Bertz CT molecular complexity index is 791. The second kappa shape index (κ2) is 7.55. The Hall–Kier alpha value is -2.94. The second-order valence-electron chi connectivity index (χ2n) is 4.59. The molecule has 0 aliphatic heterocycles. The molecule has 0 radical (unpaired) electrons. The number of halogens is 1. The predicted molar refractivity (Wildman–Crippen MR) is 87.8 cm³/mol. The van der Waals surface area contributed by atoms with Crippen molar-refractivity contribution in [3.05, 3.63) is 62.6 Å². The van der Waals surface area contributed by atoms with Crippen molar-refractivity contribution in [1.82, 2.24) is 0 Å². The van der Waals surface area contributed by atoms with Crippen LogP contribution in [0.1, 0.15) is 10.4 Å². The molecule has 0 heterocycles. The van der Waals surface area contributed by atoms with Gasteiger partial charge >= 0.3 is 5.97 Å². The Morgan fingerprint density at radius 1 is 1.21 bits per heavy atom. The number of carbonyl (C=O) groups excluding carboxylic acids is 2. The number of esters is 1. The number of ether oxygens (including phenoxy) is 1. The molecule has 0 aliphatic carbocycles. The van der Waals surface area contributed by atoms with Crippen LogP contribution in [0.4, 0.5) is 11.4 Å². The van der Waals surface area contributed by atoms with E-state index in [2.05, 4.69) is 21.2 Å². The topological polar surface area (TPSA) is 119 Å². The van der Waals surface area contributed by atoms with Crippen LogP contribution < -0.4 is 5.32 Å². The lowest BCUT2D eigenvalue weighted by Crippen LogP contribution is -2.21. The smallest absolute Gasteiger partial charge is 0.338 e. The number of hydrogen-bond donors (Lipinski definition) is 2. The van der Waals surface area contributed by atoms with Crippen molar-refractivity contribution < 1.29 is 24.4 Å². The van der Waals surface area contributed by atoms with Crippen molar-refractivity contribution >= 4 is 39.2 Å². The molecule has 8 nitrogen and oxygen atoms in total. The van der Waals surface area contributed by atoms with Crippen LogP contribution in [0.25, 0.3) is 0 Å². The quantitative estimate of drug-likeness (QED) is 0.457. The highest BCUT2D eigenvalue weighted by Crippen LogP contribution is 2.27. The number of hydrogen-bond acceptors (Lipinski definition) is 6. The summed E-state index contributed by atoms with van der Waals surface area (Å²) in [4.78, 5) is 33.6. The van der Waals surface area contributed by atoms with Crippen LogP contribution in [-0.2, 0) is 9.53 Å². The lowest BCUT2D eigenvalue weighted by Gasteiger charge is -2.08. The monoisotopic (exact) mass is 394 g/mol. The van der Waals surface area contributed by atoms with Crippen molar-refractivity contribution in [1.29, 1.82) is 0 Å². The molecular formula is C15H11BrN2O6. The molecule has 2 N–H and O–H groups in total. The van der Waals surface area contributed by atoms with Gasteiger partial charge < -0.3 is 15.2 Å². The average molecular weight is 395 g/mol. The number of anilines is 1. The molecular weight excluding hydrogens is 384 g/mol. The summed E-state index contributed by atoms with van der Waals surface area (Å²) in [5.41, 5.74) is 0.377. The van der Waals surface area contributed by atoms with Crippen LogP contribution in [0.3, 0.4) is 0 Å². The van der Waals surface area contributed by atoms with E-state index in [0.717, 1.165) is 0 Å². The number of amides is 1. The third kappa shape index (κ3) is 4.53. The summed E-state index contributed by atoms with van der Waals surface area (Å²) in [6.07, 6.45) is 0. The van der Waals surface area contributed by atoms with Gasteiger partial charge in [0.15, 0.2) is 6.61 Å². The van der Waals surface area contributed by atoms with Gasteiger partial charge in [0, 0.05) is 16.6 Å². The number of phenols is 1. The summed E-state index contributed by atoms with van der Waals surface area (Å²) in [5.74, 6) is -1.31. The van der Waals surface area contributed by atoms with E-state index >= 15 is 0 Å². The summed E-state index contributed by atoms with van der Waals surface area (Å²) in [7, 11) is 0. The molecule has 2 aromatic rings. The van der Waals surface area contributed by atoms with Crippen LogP contribution in [-0.4, -0.2) is 28.5 Å². The molecule has 9 heteroatoms. The zero-order valence-corrected chi connectivity index (χ0v) is 13.6. The van der Waals surface area contributed by atoms with E-state index < -0.39 is 23.4 Å². The normalized spacial score (nSPS) is 10.0. The summed E-state index contributed by atoms with van der Waals surface area (Å²) < 4.78 is 5.18. The standard InChI is InChI=1S/C15H11BrN2O6/c16-12-7-10(18(22)23)3-6-13(12)17-14(20)8-24-15(21)9-1-4-11(19)5-2-9/h1-7,19H,8H2,(H,17,20). The van der Waals surface area contributed by atoms with E-state index in [4.69, 9.17) is 9.84 Å². The number of rotatable bonds is 5. The first-order chi connectivity index (χ1) is 11.4. The highest BCUT2D eigenvalue weighted by Gasteiger charge is 2.13. The van der Waals surface area contributed by atoms with E-state index in [9.17, 15) is 19.7 Å². The molecule has 0 saturated heterocycles. The van der Waals surface area contributed by atoms with Gasteiger partial charge in [0.2, 0.25) is 0 Å². The van der Waals surface area contributed by atoms with Gasteiger partial charge in [-0.15, -0.1) is 0 Å². The SMILES string of the molecule is O=C(COC(=O)c1ccc(O)cc1)Nc1ccc([N+](=O)[O-])cc1Br. The molecule has 2 aromatic carbocycles. The van der Waals surface area contributed by atoms with E-state index in [1.807, 2.05) is 0 Å². The van der Waals surface area contributed by atoms with E-state index in [-0.39, 0.29) is 17.0 Å². The maximum Gasteiger partial charge on any atom is 0.338 e. The van der Waals surface area contributed by atoms with Gasteiger partial charge in [-0.3, -0.25) is 14.9 Å². The van der Waals surface area contributed by atoms with Crippen LogP contribution in [0, 0.1) is 10.1 Å². The van der Waals surface area contributed by atoms with Gasteiger partial charge in [-0.25, -0.2) is 4.79 Å². The largest absolute Gasteiger partial charge is 0.508 e. The third-order valence-electron chi connectivity index (χ3n) is 2.87. The van der Waals surface area contributed by atoms with Crippen LogP contribution in [0.5, 0.6) is 5.75 Å². The first-order valence-corrected chi connectivity index (χ1v) is 7.36. The fourth-order valence-corrected chi connectivity index (χ4v) is 2.18. The molecule has 0 unspecified atom stereocenters. The maximum atomic E-state index is 11.8. The minimum atomic E-state index is -0.715. The zero-order chi connectivity index (χ0) is 17.7. The maximum absolute atomic E-state index is 11.8. The highest BCUT2D eigenvalue weighted by atomic mass is 79.9. The number of aromatic hydroxyl groups is 1. The van der Waals surface area contributed by atoms with Gasteiger partial charge in [0.25, 0.3) is 11.6 Å². The first kappa shape index (κ1) is 17.4. The number of nitrogens with zero attached hydrogens (tertiary/aromatic N) is 1. The van der Waals surface area contributed by atoms with Gasteiger partial charge in [-0.05, 0) is 46.3 Å². The first-order valence-electron chi connectivity index (χ1n) is 6.57. The van der Waals surface area contributed by atoms with Crippen LogP contribution >= 0.6 is 15.9 Å². The number of nitro benzene ring substituents is 1. The Morgan fingerprint density at radius 2 is 1.88 bits per heavy atom. The molecule has 124 valence electrons. The molecule has 0 saturated carbocycles. The van der Waals surface area contributed by atoms with Crippen molar-refractivity contribution in [3.63, 3.8) is 0 Å². The molecule has 2 rings (SSSR count). The summed E-state index contributed by atoms with van der Waals surface area (Å²) >= 11 is 3.12. The van der Waals surface area contributed by atoms with Gasteiger partial charge in [-0.1, -0.05) is 0 Å². The second-order valence-corrected chi connectivity index (χ2v) is 5.45. The van der Waals surface area contributed by atoms with Crippen molar-refractivity contribution in [2.24, 2.45) is 0 Å². The van der Waals surface area contributed by atoms with Crippen LogP contribution in [0.15, 0.2) is 46.9 Å². The molecule has 0 fully saturated rings. The number of non-ortho nitro benzene ring substituents is 1. The molecule has 24 heavy (non-hydrogen) atoms. The van der Waals surface area contributed by atoms with Crippen molar-refractivity contribution in [2.75, 3.05) is 11.9 Å². The molecule has 0 atom stereocenters. The fourth-order valence-electron chi connectivity index (χ4n) is 1.72. The average Bonchev–Trinajstić information content (AvgIpc) is 2.55. The zero-order valence-electron chi connectivity index (χ0n) is 12.1. The lowest BCUT2D eigenvalue weighted by atomic mass is 10.2. The lowest BCUT2D eigenvalue weighted by molar-refractivity contribution is -0.384. The fraction of sp³-hybridized carbons (Fsp3) is 0.0667. The number of nitrogens with one attached hydrogen (secondary N) is 1. The van der Waals surface area contributed by atoms with Gasteiger partial charge in [0.05, 0.1) is 16.2 Å².